The lowest BCUT2D eigenvalue weighted by molar-refractivity contribution is -0.192. The molecule has 6 heteroatoms. The van der Waals surface area contributed by atoms with Crippen molar-refractivity contribution in [2.24, 2.45) is 0 Å². The minimum atomic E-state index is -1.22. The smallest absolute Gasteiger partial charge is 0.342 e. The third-order valence-corrected chi connectivity index (χ3v) is 5.23. The highest BCUT2D eigenvalue weighted by atomic mass is 16.7. The van der Waals surface area contributed by atoms with Gasteiger partial charge in [-0.2, -0.15) is 0 Å². The van der Waals surface area contributed by atoms with Crippen LogP contribution in [-0.4, -0.2) is 41.6 Å². The fourth-order valence-electron chi connectivity index (χ4n) is 4.06. The zero-order chi connectivity index (χ0) is 14.6. The van der Waals surface area contributed by atoms with Crippen molar-refractivity contribution in [3.05, 3.63) is 22.8 Å². The Bertz CT molecular complexity index is 676. The highest BCUT2D eigenvalue weighted by Gasteiger charge is 2.76. The second-order valence-electron chi connectivity index (χ2n) is 6.38. The van der Waals surface area contributed by atoms with Crippen molar-refractivity contribution in [2.45, 2.75) is 56.4 Å². The molecule has 0 N–H and O–H groups in total. The highest BCUT2D eigenvalue weighted by Crippen LogP contribution is 2.58. The van der Waals surface area contributed by atoms with Crippen molar-refractivity contribution in [1.82, 2.24) is 0 Å². The number of carbonyl (C=O) groups is 2. The number of rotatable bonds is 0. The Morgan fingerprint density at radius 1 is 1.24 bits per heavy atom. The summed E-state index contributed by atoms with van der Waals surface area (Å²) in [6, 6.07) is 0. The topological polar surface area (TPSA) is 74.4 Å². The predicted molar refractivity (Wildman–Crippen MR) is 66.9 cm³/mol. The molecule has 3 fully saturated rings. The van der Waals surface area contributed by atoms with Gasteiger partial charge in [0, 0.05) is 5.57 Å². The van der Waals surface area contributed by atoms with Crippen LogP contribution >= 0.6 is 0 Å². The van der Waals surface area contributed by atoms with Crippen molar-refractivity contribution in [3.63, 3.8) is 0 Å². The number of esters is 2. The first-order valence-electron chi connectivity index (χ1n) is 7.17. The monoisotopic (exact) mass is 290 g/mol. The first kappa shape index (κ1) is 11.9. The molecule has 21 heavy (non-hydrogen) atoms. The minimum absolute atomic E-state index is 0.162. The molecular formula is C15H14O6. The minimum Gasteiger partial charge on any atom is -0.452 e. The van der Waals surface area contributed by atoms with E-state index < -0.39 is 23.5 Å². The van der Waals surface area contributed by atoms with Crippen LogP contribution in [0.15, 0.2) is 22.8 Å². The van der Waals surface area contributed by atoms with Gasteiger partial charge in [-0.15, -0.1) is 0 Å². The summed E-state index contributed by atoms with van der Waals surface area (Å²) in [5.41, 5.74) is 1.22. The standard InChI is InChI=1S/C15H14O6/c1-6-5-15-9(7(2)12(16)21-15)10-11-14(20-11,13(17)18-10)4-3-8(6)19-15/h5,8,10-11H,3-4H2,1-2H3. The van der Waals surface area contributed by atoms with Crippen LogP contribution in [0.2, 0.25) is 0 Å². The molecule has 0 aliphatic carbocycles. The van der Waals surface area contributed by atoms with E-state index in [1.807, 2.05) is 13.0 Å². The Balaban J connectivity index is 1.73. The summed E-state index contributed by atoms with van der Waals surface area (Å²) in [6.07, 6.45) is 1.97. The molecule has 4 bridgehead atoms. The lowest BCUT2D eigenvalue weighted by Gasteiger charge is -2.29. The average molecular weight is 290 g/mol. The Hall–Kier alpha value is -1.66. The maximum absolute atomic E-state index is 12.2. The van der Waals surface area contributed by atoms with Gasteiger partial charge in [0.05, 0.1) is 11.7 Å². The van der Waals surface area contributed by atoms with Crippen LogP contribution in [0.4, 0.5) is 0 Å². The van der Waals surface area contributed by atoms with Crippen molar-refractivity contribution < 1.29 is 28.5 Å². The number of hydrogen-bond donors (Lipinski definition) is 0. The molecule has 0 aromatic rings. The van der Waals surface area contributed by atoms with Crippen molar-refractivity contribution in [2.75, 3.05) is 0 Å². The van der Waals surface area contributed by atoms with Gasteiger partial charge >= 0.3 is 11.9 Å². The van der Waals surface area contributed by atoms with E-state index in [2.05, 4.69) is 0 Å². The Morgan fingerprint density at radius 3 is 2.81 bits per heavy atom. The lowest BCUT2D eigenvalue weighted by atomic mass is 9.89. The summed E-state index contributed by atoms with van der Waals surface area (Å²) in [6.45, 7) is 3.63. The predicted octanol–water partition coefficient (Wildman–Crippen LogP) is 0.758. The molecule has 110 valence electrons. The summed E-state index contributed by atoms with van der Waals surface area (Å²) in [5.74, 6) is -1.97. The third-order valence-electron chi connectivity index (χ3n) is 5.23. The maximum Gasteiger partial charge on any atom is 0.342 e. The molecule has 3 saturated heterocycles. The number of ether oxygens (including phenoxy) is 4. The molecule has 5 rings (SSSR count). The van der Waals surface area contributed by atoms with Crippen LogP contribution in [0.5, 0.6) is 0 Å². The molecule has 5 aliphatic rings. The molecule has 0 amide bonds. The molecule has 5 heterocycles. The molecular weight excluding hydrogens is 276 g/mol. The van der Waals surface area contributed by atoms with E-state index in [4.69, 9.17) is 18.9 Å². The third kappa shape index (κ3) is 1.18. The van der Waals surface area contributed by atoms with Gasteiger partial charge in [-0.05, 0) is 38.3 Å². The van der Waals surface area contributed by atoms with Gasteiger partial charge in [0.25, 0.3) is 5.79 Å². The lowest BCUT2D eigenvalue weighted by Crippen LogP contribution is -2.39. The van der Waals surface area contributed by atoms with E-state index in [1.165, 1.54) is 0 Å². The molecule has 6 nitrogen and oxygen atoms in total. The van der Waals surface area contributed by atoms with Crippen molar-refractivity contribution >= 4 is 11.9 Å². The fourth-order valence-corrected chi connectivity index (χ4v) is 4.06. The summed E-state index contributed by atoms with van der Waals surface area (Å²) >= 11 is 0. The van der Waals surface area contributed by atoms with Crippen LogP contribution < -0.4 is 0 Å². The number of epoxide rings is 1. The number of carbonyl (C=O) groups excluding carboxylic acids is 2. The van der Waals surface area contributed by atoms with Gasteiger partial charge in [0.15, 0.2) is 11.7 Å². The SMILES string of the molecule is CC1=CC23OC(=O)C(C)=C2C2OC(=O)C4(CCC1O3)OC24. The molecule has 0 saturated carbocycles. The van der Waals surface area contributed by atoms with Crippen LogP contribution in [0.25, 0.3) is 0 Å². The molecule has 1 spiro atoms. The van der Waals surface area contributed by atoms with Crippen molar-refractivity contribution in [1.29, 1.82) is 0 Å². The van der Waals surface area contributed by atoms with Crippen LogP contribution in [0.1, 0.15) is 26.7 Å². The van der Waals surface area contributed by atoms with E-state index in [-0.39, 0.29) is 18.2 Å². The summed E-state index contributed by atoms with van der Waals surface area (Å²) in [7, 11) is 0. The highest BCUT2D eigenvalue weighted by molar-refractivity contribution is 5.94. The molecule has 0 radical (unpaired) electrons. The first-order valence-corrected chi connectivity index (χ1v) is 7.17. The van der Waals surface area contributed by atoms with Gasteiger partial charge in [0.2, 0.25) is 0 Å². The normalized spacial score (nSPS) is 49.6. The zero-order valence-corrected chi connectivity index (χ0v) is 11.7. The van der Waals surface area contributed by atoms with Crippen LogP contribution in [0, 0.1) is 0 Å². The van der Waals surface area contributed by atoms with E-state index in [9.17, 15) is 9.59 Å². The molecule has 0 aromatic heterocycles. The largest absolute Gasteiger partial charge is 0.452 e. The Kier molecular flexibility index (Phi) is 1.83. The number of hydrogen-bond acceptors (Lipinski definition) is 6. The summed E-state index contributed by atoms with van der Waals surface area (Å²) in [4.78, 5) is 24.2. The van der Waals surface area contributed by atoms with Gasteiger partial charge in [-0.25, -0.2) is 9.59 Å². The van der Waals surface area contributed by atoms with Gasteiger partial charge < -0.3 is 18.9 Å². The Labute approximate surface area is 120 Å². The zero-order valence-electron chi connectivity index (χ0n) is 11.7. The van der Waals surface area contributed by atoms with E-state index in [0.717, 1.165) is 5.57 Å². The quantitative estimate of drug-likeness (QED) is 0.372. The molecule has 5 unspecified atom stereocenters. The molecule has 5 aliphatic heterocycles. The van der Waals surface area contributed by atoms with E-state index in [0.29, 0.717) is 24.0 Å². The number of fused-ring (bicyclic) bond motifs is 2. The van der Waals surface area contributed by atoms with E-state index >= 15 is 0 Å². The van der Waals surface area contributed by atoms with Gasteiger partial charge in [0.1, 0.15) is 6.10 Å². The first-order chi connectivity index (χ1) is 9.97. The second-order valence-corrected chi connectivity index (χ2v) is 6.38. The van der Waals surface area contributed by atoms with E-state index in [1.54, 1.807) is 6.92 Å². The summed E-state index contributed by atoms with van der Waals surface area (Å²) in [5, 5.41) is 0. The average Bonchev–Trinajstić information content (AvgIpc) is 2.90. The molecule has 0 aromatic carbocycles. The van der Waals surface area contributed by atoms with Crippen LogP contribution in [0.3, 0.4) is 0 Å². The second kappa shape index (κ2) is 3.23. The maximum atomic E-state index is 12.2. The molecule has 5 atom stereocenters. The van der Waals surface area contributed by atoms with Gasteiger partial charge in [-0.1, -0.05) is 0 Å². The fraction of sp³-hybridized carbons (Fsp3) is 0.600. The van der Waals surface area contributed by atoms with Crippen molar-refractivity contribution in [3.8, 4) is 0 Å². The van der Waals surface area contributed by atoms with Crippen LogP contribution in [-0.2, 0) is 28.5 Å². The summed E-state index contributed by atoms with van der Waals surface area (Å²) < 4.78 is 22.8. The van der Waals surface area contributed by atoms with Gasteiger partial charge in [-0.3, -0.25) is 0 Å². The Morgan fingerprint density at radius 2 is 2.05 bits per heavy atom.